The zero-order chi connectivity index (χ0) is 18.4. The van der Waals surface area contributed by atoms with E-state index in [1.54, 1.807) is 0 Å². The van der Waals surface area contributed by atoms with Crippen molar-refractivity contribution in [1.29, 1.82) is 0 Å². The average Bonchev–Trinajstić information content (AvgIpc) is 2.61. The lowest BCUT2D eigenvalue weighted by Crippen LogP contribution is -2.44. The molecule has 0 saturated heterocycles. The molecule has 0 aliphatic rings. The van der Waals surface area contributed by atoms with Crippen molar-refractivity contribution in [2.24, 2.45) is 5.92 Å². The van der Waals surface area contributed by atoms with Crippen molar-refractivity contribution < 1.29 is 9.59 Å². The third-order valence-electron chi connectivity index (χ3n) is 4.14. The van der Waals surface area contributed by atoms with E-state index in [4.69, 9.17) is 0 Å². The standard InChI is InChI=1S/C22H27NO2/c1-15(2)21(24)20(23-16(3)4)14-17-10-12-19(13-11-17)22(25)18-8-6-5-7-9-18/h5-13,15-16,20,23H,14H2,1-4H3. The maximum absolute atomic E-state index is 12.5. The van der Waals surface area contributed by atoms with E-state index in [1.165, 1.54) is 0 Å². The fourth-order valence-corrected chi connectivity index (χ4v) is 2.83. The molecule has 3 nitrogen and oxygen atoms in total. The van der Waals surface area contributed by atoms with E-state index in [9.17, 15) is 9.59 Å². The number of nitrogens with one attached hydrogen (secondary N) is 1. The van der Waals surface area contributed by atoms with Gasteiger partial charge in [-0.15, -0.1) is 0 Å². The van der Waals surface area contributed by atoms with Crippen LogP contribution in [-0.2, 0) is 11.2 Å². The zero-order valence-corrected chi connectivity index (χ0v) is 15.5. The molecular formula is C22H27NO2. The van der Waals surface area contributed by atoms with Gasteiger partial charge in [-0.2, -0.15) is 0 Å². The lowest BCUT2D eigenvalue weighted by molar-refractivity contribution is -0.124. The molecule has 132 valence electrons. The Kier molecular flexibility index (Phi) is 6.65. The quantitative estimate of drug-likeness (QED) is 0.739. The third kappa shape index (κ3) is 5.36. The van der Waals surface area contributed by atoms with Gasteiger partial charge in [-0.3, -0.25) is 9.59 Å². The van der Waals surface area contributed by atoms with Crippen molar-refractivity contribution in [3.63, 3.8) is 0 Å². The number of hydrogen-bond acceptors (Lipinski definition) is 3. The average molecular weight is 337 g/mol. The number of Topliss-reactive ketones (excluding diaryl/α,β-unsaturated/α-hetero) is 1. The van der Waals surface area contributed by atoms with Gasteiger partial charge in [0, 0.05) is 23.1 Å². The molecular weight excluding hydrogens is 310 g/mol. The summed E-state index contributed by atoms with van der Waals surface area (Å²) >= 11 is 0. The van der Waals surface area contributed by atoms with E-state index >= 15 is 0 Å². The van der Waals surface area contributed by atoms with Crippen molar-refractivity contribution in [2.75, 3.05) is 0 Å². The van der Waals surface area contributed by atoms with Gasteiger partial charge in [0.15, 0.2) is 11.6 Å². The van der Waals surface area contributed by atoms with E-state index < -0.39 is 0 Å². The van der Waals surface area contributed by atoms with E-state index in [2.05, 4.69) is 5.32 Å². The molecule has 1 N–H and O–H groups in total. The second kappa shape index (κ2) is 8.72. The molecule has 0 aliphatic heterocycles. The van der Waals surface area contributed by atoms with Gasteiger partial charge in [-0.1, -0.05) is 82.3 Å². The molecule has 0 heterocycles. The van der Waals surface area contributed by atoms with E-state index in [-0.39, 0.29) is 29.6 Å². The maximum Gasteiger partial charge on any atom is 0.193 e. The number of hydrogen-bond donors (Lipinski definition) is 1. The lowest BCUT2D eigenvalue weighted by atomic mass is 9.94. The summed E-state index contributed by atoms with van der Waals surface area (Å²) < 4.78 is 0. The number of rotatable bonds is 8. The van der Waals surface area contributed by atoms with Crippen LogP contribution < -0.4 is 5.32 Å². The van der Waals surface area contributed by atoms with E-state index in [0.717, 1.165) is 5.56 Å². The number of carbonyl (C=O) groups excluding carboxylic acids is 2. The highest BCUT2D eigenvalue weighted by Crippen LogP contribution is 2.14. The molecule has 0 radical (unpaired) electrons. The van der Waals surface area contributed by atoms with Gasteiger partial charge in [0.1, 0.15) is 0 Å². The highest BCUT2D eigenvalue weighted by Gasteiger charge is 2.22. The number of benzene rings is 2. The monoisotopic (exact) mass is 337 g/mol. The Balaban J connectivity index is 2.12. The highest BCUT2D eigenvalue weighted by atomic mass is 16.1. The molecule has 2 rings (SSSR count). The summed E-state index contributed by atoms with van der Waals surface area (Å²) in [6, 6.07) is 16.9. The zero-order valence-electron chi connectivity index (χ0n) is 15.5. The Bertz CT molecular complexity index is 703. The van der Waals surface area contributed by atoms with Crippen LogP contribution in [-0.4, -0.2) is 23.7 Å². The molecule has 0 amide bonds. The van der Waals surface area contributed by atoms with Gasteiger partial charge in [-0.05, 0) is 12.0 Å². The fourth-order valence-electron chi connectivity index (χ4n) is 2.83. The van der Waals surface area contributed by atoms with Crippen LogP contribution in [0.1, 0.15) is 49.2 Å². The SMILES string of the molecule is CC(C)NC(Cc1ccc(C(=O)c2ccccc2)cc1)C(=O)C(C)C. The summed E-state index contributed by atoms with van der Waals surface area (Å²) in [7, 11) is 0. The number of ketones is 2. The minimum Gasteiger partial charge on any atom is -0.305 e. The van der Waals surface area contributed by atoms with Crippen molar-refractivity contribution in [3.8, 4) is 0 Å². The number of carbonyl (C=O) groups is 2. The second-order valence-electron chi connectivity index (χ2n) is 7.03. The van der Waals surface area contributed by atoms with E-state index in [0.29, 0.717) is 17.5 Å². The third-order valence-corrected chi connectivity index (χ3v) is 4.14. The predicted molar refractivity (Wildman–Crippen MR) is 102 cm³/mol. The molecule has 1 unspecified atom stereocenters. The Morgan fingerprint density at radius 2 is 1.40 bits per heavy atom. The maximum atomic E-state index is 12.5. The highest BCUT2D eigenvalue weighted by molar-refractivity contribution is 6.08. The molecule has 0 spiro atoms. The van der Waals surface area contributed by atoms with Crippen LogP contribution in [0.3, 0.4) is 0 Å². The molecule has 0 aromatic heterocycles. The molecule has 2 aromatic carbocycles. The first-order valence-electron chi connectivity index (χ1n) is 8.87. The van der Waals surface area contributed by atoms with Crippen LogP contribution in [0.4, 0.5) is 0 Å². The molecule has 0 fully saturated rings. The van der Waals surface area contributed by atoms with Gasteiger partial charge < -0.3 is 5.32 Å². The fraction of sp³-hybridized carbons (Fsp3) is 0.364. The first-order chi connectivity index (χ1) is 11.9. The van der Waals surface area contributed by atoms with Crippen molar-refractivity contribution >= 4 is 11.6 Å². The topological polar surface area (TPSA) is 46.2 Å². The van der Waals surface area contributed by atoms with Crippen LogP contribution >= 0.6 is 0 Å². The summed E-state index contributed by atoms with van der Waals surface area (Å²) in [5.41, 5.74) is 2.40. The molecule has 25 heavy (non-hydrogen) atoms. The minimum absolute atomic E-state index is 0.00446. The molecule has 0 aliphatic carbocycles. The molecule has 3 heteroatoms. The second-order valence-corrected chi connectivity index (χ2v) is 7.03. The Morgan fingerprint density at radius 1 is 0.840 bits per heavy atom. The van der Waals surface area contributed by atoms with Crippen LogP contribution in [0.2, 0.25) is 0 Å². The Labute approximate surface area is 150 Å². The normalized spacial score (nSPS) is 12.4. The summed E-state index contributed by atoms with van der Waals surface area (Å²) in [5, 5.41) is 3.36. The van der Waals surface area contributed by atoms with Gasteiger partial charge in [0.2, 0.25) is 0 Å². The predicted octanol–water partition coefficient (Wildman–Crippen LogP) is 4.05. The Morgan fingerprint density at radius 3 is 1.92 bits per heavy atom. The summed E-state index contributed by atoms with van der Waals surface area (Å²) in [5.74, 6) is 0.232. The summed E-state index contributed by atoms with van der Waals surface area (Å²) in [6.07, 6.45) is 0.634. The first kappa shape index (κ1) is 19.1. The smallest absolute Gasteiger partial charge is 0.193 e. The molecule has 2 aromatic rings. The van der Waals surface area contributed by atoms with Gasteiger partial charge in [0.25, 0.3) is 0 Å². The first-order valence-corrected chi connectivity index (χ1v) is 8.87. The van der Waals surface area contributed by atoms with Crippen LogP contribution in [0.15, 0.2) is 54.6 Å². The minimum atomic E-state index is -0.198. The summed E-state index contributed by atoms with van der Waals surface area (Å²) in [6.45, 7) is 7.95. The van der Waals surface area contributed by atoms with Crippen molar-refractivity contribution in [1.82, 2.24) is 5.32 Å². The summed E-state index contributed by atoms with van der Waals surface area (Å²) in [4.78, 5) is 24.9. The van der Waals surface area contributed by atoms with Gasteiger partial charge >= 0.3 is 0 Å². The molecule has 0 saturated carbocycles. The van der Waals surface area contributed by atoms with Crippen LogP contribution in [0.5, 0.6) is 0 Å². The largest absolute Gasteiger partial charge is 0.305 e. The van der Waals surface area contributed by atoms with Crippen LogP contribution in [0, 0.1) is 5.92 Å². The van der Waals surface area contributed by atoms with Crippen molar-refractivity contribution in [3.05, 3.63) is 71.3 Å². The Hall–Kier alpha value is -2.26. The lowest BCUT2D eigenvalue weighted by Gasteiger charge is -2.22. The molecule has 0 bridgehead atoms. The van der Waals surface area contributed by atoms with Crippen LogP contribution in [0.25, 0.3) is 0 Å². The van der Waals surface area contributed by atoms with Gasteiger partial charge in [0.05, 0.1) is 6.04 Å². The molecule has 1 atom stereocenters. The van der Waals surface area contributed by atoms with Crippen molar-refractivity contribution in [2.45, 2.75) is 46.2 Å². The van der Waals surface area contributed by atoms with E-state index in [1.807, 2.05) is 82.3 Å². The van der Waals surface area contributed by atoms with Gasteiger partial charge in [-0.25, -0.2) is 0 Å².